The van der Waals surface area contributed by atoms with Crippen molar-refractivity contribution >= 4 is 16.0 Å². The zero-order chi connectivity index (χ0) is 22.9. The van der Waals surface area contributed by atoms with E-state index in [1.807, 2.05) is 25.1 Å². The fraction of sp³-hybridized carbons (Fsp3) is 0.458. The first-order valence-electron chi connectivity index (χ1n) is 10.9. The normalized spacial score (nSPS) is 23.2. The molecule has 4 atom stereocenters. The van der Waals surface area contributed by atoms with Gasteiger partial charge in [0.1, 0.15) is 11.8 Å². The van der Waals surface area contributed by atoms with E-state index >= 15 is 0 Å². The number of hydrogen-bond acceptors (Lipinski definition) is 6. The van der Waals surface area contributed by atoms with Gasteiger partial charge in [0.25, 0.3) is 0 Å². The Kier molecular flexibility index (Phi) is 6.55. The molecule has 0 radical (unpaired) electrons. The number of esters is 1. The molecule has 8 heteroatoms. The molecule has 0 aliphatic carbocycles. The van der Waals surface area contributed by atoms with Crippen molar-refractivity contribution in [1.29, 1.82) is 0 Å². The first-order chi connectivity index (χ1) is 15.3. The molecule has 0 amide bonds. The van der Waals surface area contributed by atoms with Gasteiger partial charge in [0.05, 0.1) is 30.8 Å². The second-order valence-electron chi connectivity index (χ2n) is 8.35. The second kappa shape index (κ2) is 9.21. The number of carbonyl (C=O) groups excluding carboxylic acids is 1. The summed E-state index contributed by atoms with van der Waals surface area (Å²) in [6.45, 7) is 3.76. The summed E-state index contributed by atoms with van der Waals surface area (Å²) >= 11 is 0. The van der Waals surface area contributed by atoms with E-state index in [4.69, 9.17) is 14.2 Å². The van der Waals surface area contributed by atoms with Crippen LogP contribution in [-0.2, 0) is 30.7 Å². The van der Waals surface area contributed by atoms with Crippen molar-refractivity contribution in [3.05, 3.63) is 59.2 Å². The quantitative estimate of drug-likeness (QED) is 0.639. The molecule has 2 aliphatic rings. The lowest BCUT2D eigenvalue weighted by molar-refractivity contribution is -0.147. The highest BCUT2D eigenvalue weighted by Crippen LogP contribution is 2.46. The van der Waals surface area contributed by atoms with Crippen LogP contribution in [0.3, 0.4) is 0 Å². The molecule has 4 rings (SSSR count). The molecule has 7 nitrogen and oxygen atoms in total. The van der Waals surface area contributed by atoms with Gasteiger partial charge in [-0.05, 0) is 68.5 Å². The minimum atomic E-state index is -3.93. The van der Waals surface area contributed by atoms with Crippen molar-refractivity contribution in [3.63, 3.8) is 0 Å². The highest BCUT2D eigenvalue weighted by Gasteiger charge is 2.47. The van der Waals surface area contributed by atoms with Gasteiger partial charge in [-0.15, -0.1) is 0 Å². The Bertz CT molecular complexity index is 1080. The van der Waals surface area contributed by atoms with Gasteiger partial charge in [-0.2, -0.15) is 4.72 Å². The average Bonchev–Trinajstić information content (AvgIpc) is 3.10. The van der Waals surface area contributed by atoms with Crippen LogP contribution in [0, 0.1) is 12.8 Å². The van der Waals surface area contributed by atoms with Gasteiger partial charge < -0.3 is 14.2 Å². The molecule has 32 heavy (non-hydrogen) atoms. The third-order valence-electron chi connectivity index (χ3n) is 6.24. The van der Waals surface area contributed by atoms with Crippen LogP contribution in [-0.4, -0.2) is 40.2 Å². The molecule has 2 aromatic carbocycles. The van der Waals surface area contributed by atoms with Crippen molar-refractivity contribution in [2.24, 2.45) is 5.92 Å². The SMILES string of the molecule is CCOC(=O)[C@@H](NS(=O)(=O)c1ccc(C)cc1)C1C[C@H]2CCc3cc(OC)ccc3[C@@H]1O2. The van der Waals surface area contributed by atoms with Crippen molar-refractivity contribution in [1.82, 2.24) is 4.72 Å². The molecule has 0 spiro atoms. The maximum atomic E-state index is 13.1. The average molecular weight is 460 g/mol. The monoisotopic (exact) mass is 459 g/mol. The van der Waals surface area contributed by atoms with Crippen molar-refractivity contribution < 1.29 is 27.4 Å². The minimum absolute atomic E-state index is 0.0517. The zero-order valence-corrected chi connectivity index (χ0v) is 19.4. The number of hydrogen-bond donors (Lipinski definition) is 1. The van der Waals surface area contributed by atoms with E-state index in [9.17, 15) is 13.2 Å². The predicted molar refractivity (Wildman–Crippen MR) is 119 cm³/mol. The number of carbonyl (C=O) groups is 1. The molecule has 2 aromatic rings. The molecule has 1 saturated heterocycles. The van der Waals surface area contributed by atoms with E-state index in [-0.39, 0.29) is 23.5 Å². The topological polar surface area (TPSA) is 90.9 Å². The summed E-state index contributed by atoms with van der Waals surface area (Å²) in [6, 6.07) is 11.3. The fourth-order valence-corrected chi connectivity index (χ4v) is 5.84. The Hall–Kier alpha value is -2.42. The number of benzene rings is 2. The molecule has 2 bridgehead atoms. The van der Waals surface area contributed by atoms with Crippen molar-refractivity contribution in [2.45, 2.75) is 56.3 Å². The van der Waals surface area contributed by atoms with Crippen molar-refractivity contribution in [3.8, 4) is 5.75 Å². The van der Waals surface area contributed by atoms with Gasteiger partial charge in [0, 0.05) is 5.92 Å². The molecule has 0 saturated carbocycles. The smallest absolute Gasteiger partial charge is 0.324 e. The van der Waals surface area contributed by atoms with Gasteiger partial charge in [0.2, 0.25) is 10.0 Å². The minimum Gasteiger partial charge on any atom is -0.497 e. The Morgan fingerprint density at radius 1 is 1.22 bits per heavy atom. The Balaban J connectivity index is 1.69. The van der Waals surface area contributed by atoms with Crippen LogP contribution < -0.4 is 9.46 Å². The largest absolute Gasteiger partial charge is 0.497 e. The number of nitrogens with one attached hydrogen (secondary N) is 1. The number of methoxy groups -OCH3 is 1. The van der Waals surface area contributed by atoms with Gasteiger partial charge in [-0.25, -0.2) is 8.42 Å². The Morgan fingerprint density at radius 3 is 2.66 bits per heavy atom. The predicted octanol–water partition coefficient (Wildman–Crippen LogP) is 3.31. The standard InChI is InChI=1S/C24H29NO6S/c1-4-30-24(26)22(25-32(27,28)19-10-5-15(2)6-11-19)21-14-18-8-7-16-13-17(29-3)9-12-20(16)23(21)31-18/h5-6,9-13,18,21-23,25H,4,7-8,14H2,1-3H3/t18-,21?,22+,23+/m1/s1. The summed E-state index contributed by atoms with van der Waals surface area (Å²) in [6.07, 6.45) is 1.77. The summed E-state index contributed by atoms with van der Waals surface area (Å²) in [5.41, 5.74) is 3.03. The van der Waals surface area contributed by atoms with Crippen LogP contribution in [0.15, 0.2) is 47.4 Å². The lowest BCUT2D eigenvalue weighted by atomic mass is 9.82. The van der Waals surface area contributed by atoms with E-state index in [1.165, 1.54) is 12.1 Å². The molecular formula is C24H29NO6S. The number of fused-ring (bicyclic) bond motifs is 4. The number of sulfonamides is 1. The second-order valence-corrected chi connectivity index (χ2v) is 10.1. The van der Waals surface area contributed by atoms with Crippen LogP contribution in [0.1, 0.15) is 42.6 Å². The summed E-state index contributed by atoms with van der Waals surface area (Å²) in [5, 5.41) is 0. The van der Waals surface area contributed by atoms with E-state index in [1.54, 1.807) is 26.2 Å². The third kappa shape index (κ3) is 4.53. The molecule has 1 unspecified atom stereocenters. The highest BCUT2D eigenvalue weighted by atomic mass is 32.2. The van der Waals surface area contributed by atoms with Gasteiger partial charge >= 0.3 is 5.97 Å². The molecular weight excluding hydrogens is 430 g/mol. The number of aryl methyl sites for hydroxylation is 2. The van der Waals surface area contributed by atoms with Crippen LogP contribution in [0.25, 0.3) is 0 Å². The summed E-state index contributed by atoms with van der Waals surface area (Å²) in [7, 11) is -2.30. The van der Waals surface area contributed by atoms with Crippen molar-refractivity contribution in [2.75, 3.05) is 13.7 Å². The van der Waals surface area contributed by atoms with Crippen LogP contribution in [0.5, 0.6) is 5.75 Å². The first kappa shape index (κ1) is 22.8. The molecule has 2 heterocycles. The van der Waals surface area contributed by atoms with Crippen LogP contribution in [0.2, 0.25) is 0 Å². The summed E-state index contributed by atoms with van der Waals surface area (Å²) < 4.78 is 45.8. The van der Waals surface area contributed by atoms with Gasteiger partial charge in [-0.1, -0.05) is 23.8 Å². The molecule has 1 fully saturated rings. The Morgan fingerprint density at radius 2 is 1.97 bits per heavy atom. The van der Waals surface area contributed by atoms with Crippen LogP contribution >= 0.6 is 0 Å². The summed E-state index contributed by atoms with van der Waals surface area (Å²) in [4.78, 5) is 13.1. The third-order valence-corrected chi connectivity index (χ3v) is 7.69. The fourth-order valence-electron chi connectivity index (χ4n) is 4.61. The first-order valence-corrected chi connectivity index (χ1v) is 12.4. The molecule has 2 aliphatic heterocycles. The van der Waals surface area contributed by atoms with E-state index in [0.29, 0.717) is 6.42 Å². The lowest BCUT2D eigenvalue weighted by Crippen LogP contribution is -2.47. The van der Waals surface area contributed by atoms with Crippen LogP contribution in [0.4, 0.5) is 0 Å². The van der Waals surface area contributed by atoms with Gasteiger partial charge in [-0.3, -0.25) is 4.79 Å². The maximum Gasteiger partial charge on any atom is 0.324 e. The van der Waals surface area contributed by atoms with Gasteiger partial charge in [0.15, 0.2) is 0 Å². The highest BCUT2D eigenvalue weighted by molar-refractivity contribution is 7.89. The maximum absolute atomic E-state index is 13.1. The molecule has 1 N–H and O–H groups in total. The Labute approximate surface area is 189 Å². The van der Waals surface area contributed by atoms with E-state index in [2.05, 4.69) is 4.72 Å². The summed E-state index contributed by atoms with van der Waals surface area (Å²) in [5.74, 6) is -0.204. The molecule has 0 aromatic heterocycles. The van der Waals surface area contributed by atoms with E-state index < -0.39 is 28.1 Å². The lowest BCUT2D eigenvalue weighted by Gasteiger charge is -2.28. The number of ether oxygens (including phenoxy) is 3. The molecule has 172 valence electrons. The van der Waals surface area contributed by atoms with E-state index in [0.717, 1.165) is 35.3 Å². The zero-order valence-electron chi connectivity index (χ0n) is 18.5. The number of rotatable bonds is 7.